The molecule has 0 aliphatic heterocycles. The normalized spacial score (nSPS) is 15.0. The second kappa shape index (κ2) is 11.7. The Morgan fingerprint density at radius 3 is 2.58 bits per heavy atom. The lowest BCUT2D eigenvalue weighted by Gasteiger charge is -2.24. The second-order valence-corrected chi connectivity index (χ2v) is 10.9. The van der Waals surface area contributed by atoms with Gasteiger partial charge in [0.1, 0.15) is 5.52 Å². The van der Waals surface area contributed by atoms with Gasteiger partial charge >= 0.3 is 11.7 Å². The van der Waals surface area contributed by atoms with Gasteiger partial charge in [-0.25, -0.2) is 4.79 Å². The number of ether oxygens (including phenoxy) is 1. The molecule has 0 bridgehead atoms. The first kappa shape index (κ1) is 27.7. The van der Waals surface area contributed by atoms with Gasteiger partial charge in [0.15, 0.2) is 6.23 Å². The Morgan fingerprint density at radius 2 is 1.88 bits per heavy atom. The van der Waals surface area contributed by atoms with Gasteiger partial charge in [0.05, 0.1) is 29.9 Å². The molecule has 0 N–H and O–H groups in total. The third kappa shape index (κ3) is 5.29. The smallest absolute Gasteiger partial charge is 0.331 e. The molecule has 0 spiro atoms. The highest BCUT2D eigenvalue weighted by molar-refractivity contribution is 5.84. The van der Waals surface area contributed by atoms with Crippen LogP contribution in [0, 0.1) is 12.8 Å². The standard InChI is InChI=1S/C31H39N5O4/c1-5-15-35-29(37)28-27(34(6-2)31(35)39)17-26(36(28)22(4)40-30(38)24-13-8-7-9-14-24)25-18-32-33(20-25)19-23-12-10-11-21(3)16-23/h10-12,16-18,20,22,24H,5-9,13-15,19H2,1-4H3. The number of carbonyl (C=O) groups excluding carboxylic acids is 1. The quantitative estimate of drug-likeness (QED) is 0.268. The maximum absolute atomic E-state index is 13.8. The van der Waals surface area contributed by atoms with Crippen molar-refractivity contribution in [2.45, 2.75) is 92.1 Å². The topological polar surface area (TPSA) is 93.1 Å². The number of carbonyl (C=O) groups is 1. The molecule has 0 saturated heterocycles. The maximum Gasteiger partial charge on any atom is 0.331 e. The fourth-order valence-corrected chi connectivity index (χ4v) is 5.95. The summed E-state index contributed by atoms with van der Waals surface area (Å²) in [5.74, 6) is -0.350. The van der Waals surface area contributed by atoms with Crippen molar-refractivity contribution in [1.29, 1.82) is 0 Å². The monoisotopic (exact) mass is 545 g/mol. The van der Waals surface area contributed by atoms with Crippen LogP contribution in [-0.4, -0.2) is 29.5 Å². The Labute approximate surface area is 234 Å². The van der Waals surface area contributed by atoms with Crippen LogP contribution in [0.25, 0.3) is 22.3 Å². The number of esters is 1. The number of aryl methyl sites for hydroxylation is 2. The summed E-state index contributed by atoms with van der Waals surface area (Å²) in [4.78, 5) is 40.3. The van der Waals surface area contributed by atoms with Crippen LogP contribution in [0.3, 0.4) is 0 Å². The molecule has 40 heavy (non-hydrogen) atoms. The number of fused-ring (bicyclic) bond motifs is 1. The number of rotatable bonds is 9. The van der Waals surface area contributed by atoms with E-state index in [1.165, 1.54) is 10.1 Å². The molecule has 9 nitrogen and oxygen atoms in total. The average Bonchev–Trinajstić information content (AvgIpc) is 3.57. The van der Waals surface area contributed by atoms with Crippen molar-refractivity contribution in [2.24, 2.45) is 5.92 Å². The molecule has 3 aromatic heterocycles. The van der Waals surface area contributed by atoms with E-state index in [2.05, 4.69) is 30.2 Å². The lowest BCUT2D eigenvalue weighted by atomic mass is 9.89. The van der Waals surface area contributed by atoms with Crippen LogP contribution in [-0.2, 0) is 29.2 Å². The van der Waals surface area contributed by atoms with Gasteiger partial charge in [-0.15, -0.1) is 0 Å². The van der Waals surface area contributed by atoms with E-state index in [4.69, 9.17) is 4.74 Å². The zero-order chi connectivity index (χ0) is 28.4. The third-order valence-electron chi connectivity index (χ3n) is 7.93. The predicted molar refractivity (Wildman–Crippen MR) is 155 cm³/mol. The summed E-state index contributed by atoms with van der Waals surface area (Å²) in [7, 11) is 0. The van der Waals surface area contributed by atoms with Gasteiger partial charge in [-0.2, -0.15) is 5.10 Å². The van der Waals surface area contributed by atoms with Crippen molar-refractivity contribution in [3.05, 3.63) is 74.7 Å². The summed E-state index contributed by atoms with van der Waals surface area (Å²) in [6.45, 7) is 9.01. The van der Waals surface area contributed by atoms with E-state index in [0.29, 0.717) is 42.8 Å². The second-order valence-electron chi connectivity index (χ2n) is 10.9. The lowest BCUT2D eigenvalue weighted by Crippen LogP contribution is -2.40. The van der Waals surface area contributed by atoms with Gasteiger partial charge in [0, 0.05) is 24.8 Å². The Bertz CT molecular complexity index is 1630. The molecular weight excluding hydrogens is 506 g/mol. The Balaban J connectivity index is 1.63. The van der Waals surface area contributed by atoms with Crippen LogP contribution >= 0.6 is 0 Å². The minimum absolute atomic E-state index is 0.121. The van der Waals surface area contributed by atoms with Crippen LogP contribution in [0.1, 0.15) is 76.7 Å². The van der Waals surface area contributed by atoms with Crippen LogP contribution < -0.4 is 11.2 Å². The van der Waals surface area contributed by atoms with Crippen molar-refractivity contribution in [1.82, 2.24) is 23.5 Å². The van der Waals surface area contributed by atoms with Crippen LogP contribution in [0.15, 0.2) is 52.3 Å². The molecule has 1 atom stereocenters. The number of benzene rings is 1. The zero-order valence-electron chi connectivity index (χ0n) is 23.9. The van der Waals surface area contributed by atoms with E-state index in [0.717, 1.165) is 43.2 Å². The summed E-state index contributed by atoms with van der Waals surface area (Å²) < 4.78 is 12.6. The van der Waals surface area contributed by atoms with Crippen molar-refractivity contribution >= 4 is 17.0 Å². The SMILES string of the molecule is CCCn1c(=O)c2c(cc(-c3cnn(Cc4cccc(C)c4)c3)n2C(C)OC(=O)C2CCCCC2)n(CC)c1=O. The third-order valence-corrected chi connectivity index (χ3v) is 7.93. The molecule has 1 fully saturated rings. The Morgan fingerprint density at radius 1 is 1.10 bits per heavy atom. The molecule has 1 unspecified atom stereocenters. The molecule has 3 heterocycles. The molecule has 0 amide bonds. The van der Waals surface area contributed by atoms with Gasteiger partial charge in [-0.05, 0) is 51.7 Å². The first-order valence-electron chi connectivity index (χ1n) is 14.5. The molecule has 0 radical (unpaired) electrons. The van der Waals surface area contributed by atoms with Gasteiger partial charge in [0.2, 0.25) is 0 Å². The van der Waals surface area contributed by atoms with E-state index in [-0.39, 0.29) is 23.1 Å². The van der Waals surface area contributed by atoms with Crippen LogP contribution in [0.2, 0.25) is 0 Å². The fraction of sp³-hybridized carbons (Fsp3) is 0.484. The average molecular weight is 546 g/mol. The predicted octanol–water partition coefficient (Wildman–Crippen LogP) is 5.26. The minimum atomic E-state index is -0.743. The highest BCUT2D eigenvalue weighted by Crippen LogP contribution is 2.32. The number of aromatic nitrogens is 5. The first-order valence-corrected chi connectivity index (χ1v) is 14.5. The van der Waals surface area contributed by atoms with E-state index >= 15 is 0 Å². The molecule has 1 saturated carbocycles. The highest BCUT2D eigenvalue weighted by Gasteiger charge is 2.28. The van der Waals surface area contributed by atoms with Crippen molar-refractivity contribution in [3.63, 3.8) is 0 Å². The zero-order valence-corrected chi connectivity index (χ0v) is 23.9. The highest BCUT2D eigenvalue weighted by atomic mass is 16.6. The van der Waals surface area contributed by atoms with E-state index in [1.54, 1.807) is 22.3 Å². The maximum atomic E-state index is 13.8. The molecule has 9 heteroatoms. The summed E-state index contributed by atoms with van der Waals surface area (Å²) in [5.41, 5.74) is 3.97. The van der Waals surface area contributed by atoms with Crippen LogP contribution in [0.4, 0.5) is 0 Å². The fourth-order valence-electron chi connectivity index (χ4n) is 5.95. The van der Waals surface area contributed by atoms with Gasteiger partial charge < -0.3 is 4.74 Å². The van der Waals surface area contributed by atoms with Crippen molar-refractivity contribution in [3.8, 4) is 11.3 Å². The molecule has 1 aliphatic carbocycles. The minimum Gasteiger partial charge on any atom is -0.441 e. The lowest BCUT2D eigenvalue weighted by molar-refractivity contribution is -0.158. The molecule has 4 aromatic rings. The summed E-state index contributed by atoms with van der Waals surface area (Å²) in [6, 6.07) is 10.1. The molecule has 1 aromatic carbocycles. The van der Waals surface area contributed by atoms with Crippen molar-refractivity contribution in [2.75, 3.05) is 0 Å². The molecule has 1 aliphatic rings. The van der Waals surface area contributed by atoms with E-state index in [9.17, 15) is 14.4 Å². The summed E-state index contributed by atoms with van der Waals surface area (Å²) >= 11 is 0. The van der Waals surface area contributed by atoms with E-state index < -0.39 is 6.23 Å². The van der Waals surface area contributed by atoms with Gasteiger partial charge in [0.25, 0.3) is 5.56 Å². The molecule has 5 rings (SSSR count). The number of nitrogens with zero attached hydrogens (tertiary/aromatic N) is 5. The van der Waals surface area contributed by atoms with Gasteiger partial charge in [-0.1, -0.05) is 56.0 Å². The Kier molecular flexibility index (Phi) is 8.09. The summed E-state index contributed by atoms with van der Waals surface area (Å²) in [6.07, 6.45) is 8.45. The van der Waals surface area contributed by atoms with E-state index in [1.807, 2.05) is 36.9 Å². The summed E-state index contributed by atoms with van der Waals surface area (Å²) in [5, 5.41) is 4.60. The van der Waals surface area contributed by atoms with Crippen LogP contribution in [0.5, 0.6) is 0 Å². The number of hydrogen-bond donors (Lipinski definition) is 0. The first-order chi connectivity index (χ1) is 19.3. The number of hydrogen-bond acceptors (Lipinski definition) is 5. The van der Waals surface area contributed by atoms with Gasteiger partial charge in [-0.3, -0.25) is 28.0 Å². The van der Waals surface area contributed by atoms with Crippen molar-refractivity contribution < 1.29 is 9.53 Å². The largest absolute Gasteiger partial charge is 0.441 e. The molecular formula is C31H39N5O4. The molecule has 212 valence electrons. The Hall–Kier alpha value is -3.88.